The molecular formula is C14H22N4. The maximum absolute atomic E-state index is 9.33. The Hall–Kier alpha value is -1.50. The van der Waals surface area contributed by atoms with Crippen molar-refractivity contribution in [3.63, 3.8) is 0 Å². The number of aromatic nitrogens is 2. The summed E-state index contributed by atoms with van der Waals surface area (Å²) in [6.07, 6.45) is 6.04. The zero-order chi connectivity index (χ0) is 13.3. The van der Waals surface area contributed by atoms with Crippen LogP contribution >= 0.6 is 0 Å². The van der Waals surface area contributed by atoms with Crippen LogP contribution in [-0.2, 0) is 5.54 Å². The van der Waals surface area contributed by atoms with Gasteiger partial charge in [0.05, 0.1) is 11.2 Å². The van der Waals surface area contributed by atoms with Gasteiger partial charge in [0.1, 0.15) is 17.5 Å². The summed E-state index contributed by atoms with van der Waals surface area (Å²) in [5, 5.41) is 14.0. The van der Waals surface area contributed by atoms with Crippen molar-refractivity contribution >= 4 is 5.82 Å². The van der Waals surface area contributed by atoms with E-state index in [2.05, 4.69) is 31.9 Å². The van der Waals surface area contributed by atoms with Gasteiger partial charge in [-0.15, -0.1) is 0 Å². The van der Waals surface area contributed by atoms with Gasteiger partial charge in [-0.05, 0) is 33.6 Å². The molecule has 0 atom stereocenters. The molecule has 2 rings (SSSR count). The number of rotatable bonds is 1. The highest BCUT2D eigenvalue weighted by Crippen LogP contribution is 2.36. The van der Waals surface area contributed by atoms with Gasteiger partial charge < -0.3 is 5.73 Å². The number of hydrogen-bond acceptors (Lipinski definition) is 3. The molecule has 0 aliphatic heterocycles. The minimum absolute atomic E-state index is 0.178. The molecule has 0 aromatic carbocycles. The molecule has 98 valence electrons. The van der Waals surface area contributed by atoms with Crippen LogP contribution in [0.15, 0.2) is 0 Å². The second-order valence-electron chi connectivity index (χ2n) is 6.17. The van der Waals surface area contributed by atoms with E-state index in [0.29, 0.717) is 17.3 Å². The van der Waals surface area contributed by atoms with Crippen LogP contribution < -0.4 is 5.73 Å². The van der Waals surface area contributed by atoms with E-state index >= 15 is 0 Å². The van der Waals surface area contributed by atoms with Crippen LogP contribution in [0.5, 0.6) is 0 Å². The summed E-state index contributed by atoms with van der Waals surface area (Å²) in [7, 11) is 0. The summed E-state index contributed by atoms with van der Waals surface area (Å²) in [4.78, 5) is 0. The van der Waals surface area contributed by atoms with Crippen molar-refractivity contribution in [2.24, 2.45) is 0 Å². The van der Waals surface area contributed by atoms with E-state index in [1.807, 2.05) is 0 Å². The van der Waals surface area contributed by atoms with Crippen LogP contribution in [0.1, 0.15) is 70.1 Å². The summed E-state index contributed by atoms with van der Waals surface area (Å²) in [6, 6.07) is 2.25. The van der Waals surface area contributed by atoms with E-state index in [1.54, 1.807) is 4.68 Å². The SMILES string of the molecule is CC(C)(C)n1nc(C2CCCCC2)c(C#N)c1N. The monoisotopic (exact) mass is 246 g/mol. The summed E-state index contributed by atoms with van der Waals surface area (Å²) in [6.45, 7) is 6.17. The molecule has 1 aliphatic rings. The fourth-order valence-corrected chi connectivity index (χ4v) is 2.74. The van der Waals surface area contributed by atoms with E-state index in [-0.39, 0.29) is 5.54 Å². The smallest absolute Gasteiger partial charge is 0.140 e. The number of anilines is 1. The van der Waals surface area contributed by atoms with E-state index in [1.165, 1.54) is 19.3 Å². The Morgan fingerprint density at radius 3 is 2.39 bits per heavy atom. The molecule has 2 N–H and O–H groups in total. The number of nitriles is 1. The van der Waals surface area contributed by atoms with Crippen molar-refractivity contribution in [2.75, 3.05) is 5.73 Å². The van der Waals surface area contributed by atoms with Gasteiger partial charge in [0.2, 0.25) is 0 Å². The second kappa shape index (κ2) is 4.64. The van der Waals surface area contributed by atoms with Crippen LogP contribution in [-0.4, -0.2) is 9.78 Å². The average Bonchev–Trinajstić information content (AvgIpc) is 2.67. The predicted octanol–water partition coefficient (Wildman–Crippen LogP) is 3.14. The van der Waals surface area contributed by atoms with E-state index in [0.717, 1.165) is 18.5 Å². The summed E-state index contributed by atoms with van der Waals surface area (Å²) < 4.78 is 1.80. The van der Waals surface area contributed by atoms with Crippen molar-refractivity contribution in [2.45, 2.75) is 64.3 Å². The molecule has 4 heteroatoms. The predicted molar refractivity (Wildman–Crippen MR) is 72.2 cm³/mol. The normalized spacial score (nSPS) is 17.7. The van der Waals surface area contributed by atoms with Gasteiger partial charge in [0.25, 0.3) is 0 Å². The second-order valence-corrected chi connectivity index (χ2v) is 6.17. The molecule has 0 amide bonds. The molecule has 1 heterocycles. The van der Waals surface area contributed by atoms with Crippen molar-refractivity contribution in [1.82, 2.24) is 9.78 Å². The van der Waals surface area contributed by atoms with E-state index in [4.69, 9.17) is 5.73 Å². The summed E-state index contributed by atoms with van der Waals surface area (Å²) in [5.74, 6) is 0.935. The number of hydrogen-bond donors (Lipinski definition) is 1. The summed E-state index contributed by atoms with van der Waals surface area (Å²) >= 11 is 0. The molecule has 4 nitrogen and oxygen atoms in total. The van der Waals surface area contributed by atoms with Gasteiger partial charge in [-0.1, -0.05) is 19.3 Å². The molecule has 1 fully saturated rings. The topological polar surface area (TPSA) is 67.6 Å². The molecule has 0 radical (unpaired) electrons. The Labute approximate surface area is 109 Å². The third kappa shape index (κ3) is 2.22. The fraction of sp³-hybridized carbons (Fsp3) is 0.714. The van der Waals surface area contributed by atoms with Gasteiger partial charge in [0, 0.05) is 5.92 Å². The van der Waals surface area contributed by atoms with Gasteiger partial charge in [-0.25, -0.2) is 4.68 Å². The van der Waals surface area contributed by atoms with Crippen molar-refractivity contribution in [1.29, 1.82) is 5.26 Å². The van der Waals surface area contributed by atoms with Crippen molar-refractivity contribution < 1.29 is 0 Å². The Bertz CT molecular complexity index is 467. The first-order chi connectivity index (χ1) is 8.45. The molecule has 0 spiro atoms. The molecular weight excluding hydrogens is 224 g/mol. The largest absolute Gasteiger partial charge is 0.383 e. The first kappa shape index (κ1) is 12.9. The molecule has 1 aromatic heterocycles. The Morgan fingerprint density at radius 2 is 1.89 bits per heavy atom. The third-order valence-electron chi connectivity index (χ3n) is 3.69. The number of nitrogen functional groups attached to an aromatic ring is 1. The number of nitrogens with two attached hydrogens (primary N) is 1. The lowest BCUT2D eigenvalue weighted by molar-refractivity contribution is 0.351. The van der Waals surface area contributed by atoms with E-state index in [9.17, 15) is 5.26 Å². The van der Waals surface area contributed by atoms with Gasteiger partial charge in [-0.2, -0.15) is 10.4 Å². The van der Waals surface area contributed by atoms with E-state index < -0.39 is 0 Å². The molecule has 1 aromatic rings. The highest BCUT2D eigenvalue weighted by Gasteiger charge is 2.28. The minimum Gasteiger partial charge on any atom is -0.383 e. The lowest BCUT2D eigenvalue weighted by Gasteiger charge is -2.22. The standard InChI is InChI=1S/C14H22N4/c1-14(2,3)18-13(16)11(9-15)12(17-18)10-7-5-4-6-8-10/h10H,4-8,16H2,1-3H3. The zero-order valence-electron chi connectivity index (χ0n) is 11.5. The maximum Gasteiger partial charge on any atom is 0.140 e. The molecule has 0 saturated heterocycles. The van der Waals surface area contributed by atoms with Crippen LogP contribution in [0.4, 0.5) is 5.82 Å². The summed E-state index contributed by atoms with van der Waals surface area (Å²) in [5.41, 5.74) is 7.42. The molecule has 18 heavy (non-hydrogen) atoms. The Balaban J connectivity index is 2.44. The molecule has 1 aliphatic carbocycles. The Morgan fingerprint density at radius 1 is 1.28 bits per heavy atom. The minimum atomic E-state index is -0.178. The molecule has 1 saturated carbocycles. The quantitative estimate of drug-likeness (QED) is 0.827. The van der Waals surface area contributed by atoms with Gasteiger partial charge >= 0.3 is 0 Å². The third-order valence-corrected chi connectivity index (χ3v) is 3.69. The van der Waals surface area contributed by atoms with Crippen LogP contribution in [0, 0.1) is 11.3 Å². The van der Waals surface area contributed by atoms with Crippen LogP contribution in [0.25, 0.3) is 0 Å². The highest BCUT2D eigenvalue weighted by atomic mass is 15.4. The van der Waals surface area contributed by atoms with Crippen molar-refractivity contribution in [3.05, 3.63) is 11.3 Å². The molecule has 0 unspecified atom stereocenters. The van der Waals surface area contributed by atoms with Gasteiger partial charge in [-0.3, -0.25) is 0 Å². The van der Waals surface area contributed by atoms with Crippen LogP contribution in [0.3, 0.4) is 0 Å². The van der Waals surface area contributed by atoms with Crippen LogP contribution in [0.2, 0.25) is 0 Å². The molecule has 0 bridgehead atoms. The van der Waals surface area contributed by atoms with Gasteiger partial charge in [0.15, 0.2) is 0 Å². The first-order valence-corrected chi connectivity index (χ1v) is 6.74. The maximum atomic E-state index is 9.33. The highest BCUT2D eigenvalue weighted by molar-refractivity contribution is 5.53. The Kier molecular flexibility index (Phi) is 3.34. The lowest BCUT2D eigenvalue weighted by Crippen LogP contribution is -2.25. The zero-order valence-corrected chi connectivity index (χ0v) is 11.5. The number of nitrogens with zero attached hydrogens (tertiary/aromatic N) is 3. The van der Waals surface area contributed by atoms with Crippen molar-refractivity contribution in [3.8, 4) is 6.07 Å². The first-order valence-electron chi connectivity index (χ1n) is 6.74. The fourth-order valence-electron chi connectivity index (χ4n) is 2.74. The average molecular weight is 246 g/mol. The lowest BCUT2D eigenvalue weighted by atomic mass is 9.85.